The third kappa shape index (κ3) is 3.45. The van der Waals surface area contributed by atoms with Crippen LogP contribution >= 0.6 is 0 Å². The molecule has 0 spiro atoms. The smallest absolute Gasteiger partial charge is 0.191 e. The Hall–Kier alpha value is -1.81. The van der Waals surface area contributed by atoms with Crippen molar-refractivity contribution in [2.24, 2.45) is 0 Å². The van der Waals surface area contributed by atoms with E-state index in [-0.39, 0.29) is 0 Å². The van der Waals surface area contributed by atoms with E-state index < -0.39 is 0 Å². The zero-order valence-electron chi connectivity index (χ0n) is 12.6. The molecule has 0 amide bonds. The minimum atomic E-state index is 0.397. The Labute approximate surface area is 125 Å². The first-order chi connectivity index (χ1) is 10.2. The van der Waals surface area contributed by atoms with Crippen LogP contribution in [-0.4, -0.2) is 23.7 Å². The molecule has 2 unspecified atom stereocenters. The fourth-order valence-corrected chi connectivity index (χ4v) is 2.76. The predicted octanol–water partition coefficient (Wildman–Crippen LogP) is 4.02. The Bertz CT molecular complexity index is 577. The van der Waals surface area contributed by atoms with Crippen molar-refractivity contribution >= 4 is 5.69 Å². The van der Waals surface area contributed by atoms with Crippen molar-refractivity contribution in [3.8, 4) is 11.3 Å². The molecule has 21 heavy (non-hydrogen) atoms. The maximum atomic E-state index is 5.72. The van der Waals surface area contributed by atoms with E-state index in [4.69, 9.17) is 9.15 Å². The van der Waals surface area contributed by atoms with Gasteiger partial charge in [-0.1, -0.05) is 19.1 Å². The van der Waals surface area contributed by atoms with E-state index in [1.54, 1.807) is 6.26 Å². The number of nitrogens with zero attached hydrogens (tertiary/aromatic N) is 1. The average molecular weight is 286 g/mol. The Morgan fingerprint density at radius 2 is 2.10 bits per heavy atom. The summed E-state index contributed by atoms with van der Waals surface area (Å²) in [4.78, 5) is 4.34. The Morgan fingerprint density at radius 1 is 1.29 bits per heavy atom. The van der Waals surface area contributed by atoms with Gasteiger partial charge in [-0.3, -0.25) is 0 Å². The molecule has 2 aromatic rings. The molecule has 2 heterocycles. The molecule has 1 aromatic heterocycles. The number of aromatic nitrogens is 1. The number of nitrogens with one attached hydrogen (secondary N) is 1. The lowest BCUT2D eigenvalue weighted by molar-refractivity contribution is 0.00926. The number of anilines is 1. The SMILES string of the molecule is CCC1CC(Nc2ccc(-c3coc(C)n3)cc2)CCO1. The van der Waals surface area contributed by atoms with Gasteiger partial charge >= 0.3 is 0 Å². The van der Waals surface area contributed by atoms with Crippen molar-refractivity contribution in [1.29, 1.82) is 0 Å². The highest BCUT2D eigenvalue weighted by molar-refractivity contribution is 5.62. The molecule has 0 saturated carbocycles. The summed E-state index contributed by atoms with van der Waals surface area (Å²) >= 11 is 0. The van der Waals surface area contributed by atoms with Gasteiger partial charge in [0.05, 0.1) is 6.10 Å². The van der Waals surface area contributed by atoms with Crippen LogP contribution in [0.5, 0.6) is 0 Å². The number of ether oxygens (including phenoxy) is 1. The molecule has 1 N–H and O–H groups in total. The Balaban J connectivity index is 1.64. The molecular formula is C17H22N2O2. The quantitative estimate of drug-likeness (QED) is 0.922. The first kappa shape index (κ1) is 14.1. The summed E-state index contributed by atoms with van der Waals surface area (Å²) < 4.78 is 11.0. The molecule has 4 heteroatoms. The van der Waals surface area contributed by atoms with E-state index in [2.05, 4.69) is 41.5 Å². The van der Waals surface area contributed by atoms with Gasteiger partial charge in [-0.05, 0) is 31.4 Å². The van der Waals surface area contributed by atoms with Crippen molar-refractivity contribution in [3.63, 3.8) is 0 Å². The molecule has 0 aliphatic carbocycles. The molecule has 0 radical (unpaired) electrons. The van der Waals surface area contributed by atoms with Crippen LogP contribution in [0.3, 0.4) is 0 Å². The second-order valence-corrected chi connectivity index (χ2v) is 5.60. The molecule has 1 fully saturated rings. The molecule has 2 atom stereocenters. The van der Waals surface area contributed by atoms with Crippen molar-refractivity contribution in [2.75, 3.05) is 11.9 Å². The summed E-state index contributed by atoms with van der Waals surface area (Å²) in [5.41, 5.74) is 3.12. The van der Waals surface area contributed by atoms with E-state index in [1.165, 1.54) is 0 Å². The predicted molar refractivity (Wildman–Crippen MR) is 83.4 cm³/mol. The topological polar surface area (TPSA) is 47.3 Å². The highest BCUT2D eigenvalue weighted by atomic mass is 16.5. The number of oxazole rings is 1. The molecule has 1 aliphatic rings. The first-order valence-electron chi connectivity index (χ1n) is 7.65. The maximum absolute atomic E-state index is 5.72. The number of benzene rings is 1. The summed E-state index contributed by atoms with van der Waals surface area (Å²) in [6.45, 7) is 4.89. The van der Waals surface area contributed by atoms with Gasteiger partial charge in [0.1, 0.15) is 12.0 Å². The lowest BCUT2D eigenvalue weighted by Crippen LogP contribution is -2.33. The molecule has 1 aliphatic heterocycles. The highest BCUT2D eigenvalue weighted by Crippen LogP contribution is 2.23. The summed E-state index contributed by atoms with van der Waals surface area (Å²) in [5, 5.41) is 3.61. The number of hydrogen-bond donors (Lipinski definition) is 1. The number of aryl methyl sites for hydroxylation is 1. The van der Waals surface area contributed by atoms with Crippen LogP contribution < -0.4 is 5.32 Å². The van der Waals surface area contributed by atoms with Gasteiger partial charge in [-0.15, -0.1) is 0 Å². The standard InChI is InChI=1S/C17H22N2O2/c1-3-16-10-15(8-9-20-16)19-14-6-4-13(5-7-14)17-11-21-12(2)18-17/h4-7,11,15-16,19H,3,8-10H2,1-2H3. The molecule has 1 aromatic carbocycles. The number of hydrogen-bond acceptors (Lipinski definition) is 4. The zero-order chi connectivity index (χ0) is 14.7. The highest BCUT2D eigenvalue weighted by Gasteiger charge is 2.20. The lowest BCUT2D eigenvalue weighted by atomic mass is 10.0. The monoisotopic (exact) mass is 286 g/mol. The zero-order valence-corrected chi connectivity index (χ0v) is 12.6. The lowest BCUT2D eigenvalue weighted by Gasteiger charge is -2.30. The largest absolute Gasteiger partial charge is 0.449 e. The van der Waals surface area contributed by atoms with Gasteiger partial charge in [-0.2, -0.15) is 0 Å². The van der Waals surface area contributed by atoms with E-state index in [9.17, 15) is 0 Å². The van der Waals surface area contributed by atoms with Crippen LogP contribution in [0.15, 0.2) is 34.9 Å². The van der Waals surface area contributed by atoms with E-state index in [0.29, 0.717) is 18.0 Å². The summed E-state index contributed by atoms with van der Waals surface area (Å²) in [6, 6.07) is 8.88. The van der Waals surface area contributed by atoms with E-state index in [0.717, 1.165) is 42.8 Å². The second-order valence-electron chi connectivity index (χ2n) is 5.60. The molecular weight excluding hydrogens is 264 g/mol. The fourth-order valence-electron chi connectivity index (χ4n) is 2.76. The average Bonchev–Trinajstić information content (AvgIpc) is 2.95. The van der Waals surface area contributed by atoms with E-state index in [1.807, 2.05) is 6.92 Å². The fraction of sp³-hybridized carbons (Fsp3) is 0.471. The molecule has 0 bridgehead atoms. The maximum Gasteiger partial charge on any atom is 0.191 e. The van der Waals surface area contributed by atoms with Crippen LogP contribution in [-0.2, 0) is 4.74 Å². The van der Waals surface area contributed by atoms with Gasteiger partial charge in [0.2, 0.25) is 0 Å². The minimum Gasteiger partial charge on any atom is -0.449 e. The Kier molecular flexibility index (Phi) is 4.25. The van der Waals surface area contributed by atoms with Crippen molar-refractivity contribution in [2.45, 2.75) is 45.3 Å². The van der Waals surface area contributed by atoms with Gasteiger partial charge in [0.25, 0.3) is 0 Å². The van der Waals surface area contributed by atoms with Crippen LogP contribution in [0, 0.1) is 6.92 Å². The van der Waals surface area contributed by atoms with Crippen LogP contribution in [0.25, 0.3) is 11.3 Å². The minimum absolute atomic E-state index is 0.397. The first-order valence-corrected chi connectivity index (χ1v) is 7.65. The van der Waals surface area contributed by atoms with Gasteiger partial charge in [0.15, 0.2) is 5.89 Å². The second kappa shape index (κ2) is 6.31. The normalized spacial score (nSPS) is 22.2. The summed E-state index contributed by atoms with van der Waals surface area (Å²) in [5.74, 6) is 0.694. The molecule has 4 nitrogen and oxygen atoms in total. The molecule has 3 rings (SSSR count). The Morgan fingerprint density at radius 3 is 2.76 bits per heavy atom. The van der Waals surface area contributed by atoms with Crippen LogP contribution in [0.1, 0.15) is 32.1 Å². The third-order valence-electron chi connectivity index (χ3n) is 3.99. The summed E-state index contributed by atoms with van der Waals surface area (Å²) in [7, 11) is 0. The van der Waals surface area contributed by atoms with Crippen LogP contribution in [0.4, 0.5) is 5.69 Å². The number of rotatable bonds is 4. The summed E-state index contributed by atoms with van der Waals surface area (Å²) in [6.07, 6.45) is 5.33. The van der Waals surface area contributed by atoms with Crippen molar-refractivity contribution in [1.82, 2.24) is 4.98 Å². The van der Waals surface area contributed by atoms with Crippen LogP contribution in [0.2, 0.25) is 0 Å². The van der Waals surface area contributed by atoms with Gasteiger partial charge < -0.3 is 14.5 Å². The van der Waals surface area contributed by atoms with Gasteiger partial charge in [-0.25, -0.2) is 4.98 Å². The molecule has 112 valence electrons. The van der Waals surface area contributed by atoms with E-state index >= 15 is 0 Å². The van der Waals surface area contributed by atoms with Crippen molar-refractivity contribution < 1.29 is 9.15 Å². The van der Waals surface area contributed by atoms with Gasteiger partial charge in [0, 0.05) is 30.8 Å². The molecule has 1 saturated heterocycles. The van der Waals surface area contributed by atoms with Crippen molar-refractivity contribution in [3.05, 3.63) is 36.4 Å². The third-order valence-corrected chi connectivity index (χ3v) is 3.99.